The first-order valence-corrected chi connectivity index (χ1v) is 7.03. The van der Waals surface area contributed by atoms with Crippen LogP contribution in [0.4, 0.5) is 11.8 Å². The summed E-state index contributed by atoms with van der Waals surface area (Å²) >= 11 is 0. The van der Waals surface area contributed by atoms with E-state index in [2.05, 4.69) is 34.4 Å². The number of para-hydroxylation sites is 1. The third-order valence-electron chi connectivity index (χ3n) is 3.26. The maximum absolute atomic E-state index is 9.48. The largest absolute Gasteiger partial charge is 0.394 e. The van der Waals surface area contributed by atoms with Crippen molar-refractivity contribution in [3.63, 3.8) is 0 Å². The lowest BCUT2D eigenvalue weighted by Crippen LogP contribution is -2.30. The minimum absolute atomic E-state index is 0.0252. The van der Waals surface area contributed by atoms with Gasteiger partial charge in [0.05, 0.1) is 18.2 Å². The standard InChI is InChI=1S/C15H22N4O/c1-4-16-15-18-12-8-6-5-7-11(12)14(19-15)17-13(9-20)10(2)3/h5-8,10,13,20H,4,9H2,1-3H3,(H2,16,17,18,19). The highest BCUT2D eigenvalue weighted by molar-refractivity contribution is 5.90. The van der Waals surface area contributed by atoms with Gasteiger partial charge in [0.1, 0.15) is 5.82 Å². The zero-order chi connectivity index (χ0) is 14.5. The maximum Gasteiger partial charge on any atom is 0.225 e. The number of nitrogens with one attached hydrogen (secondary N) is 2. The van der Waals surface area contributed by atoms with E-state index in [9.17, 15) is 5.11 Å². The van der Waals surface area contributed by atoms with Gasteiger partial charge in [-0.05, 0) is 25.0 Å². The minimum Gasteiger partial charge on any atom is -0.394 e. The molecule has 1 aromatic heterocycles. The average molecular weight is 274 g/mol. The lowest BCUT2D eigenvalue weighted by Gasteiger charge is -2.21. The molecule has 0 spiro atoms. The Hall–Kier alpha value is -1.88. The van der Waals surface area contributed by atoms with Gasteiger partial charge in [-0.15, -0.1) is 0 Å². The third-order valence-corrected chi connectivity index (χ3v) is 3.26. The van der Waals surface area contributed by atoms with Gasteiger partial charge in [-0.25, -0.2) is 4.98 Å². The Labute approximate surface area is 119 Å². The summed E-state index contributed by atoms with van der Waals surface area (Å²) in [6.07, 6.45) is 0. The predicted molar refractivity (Wildman–Crippen MR) is 83.0 cm³/mol. The van der Waals surface area contributed by atoms with Crippen molar-refractivity contribution >= 4 is 22.7 Å². The monoisotopic (exact) mass is 274 g/mol. The van der Waals surface area contributed by atoms with Gasteiger partial charge < -0.3 is 15.7 Å². The van der Waals surface area contributed by atoms with Crippen molar-refractivity contribution in [3.05, 3.63) is 24.3 Å². The molecule has 5 nitrogen and oxygen atoms in total. The van der Waals surface area contributed by atoms with Crippen molar-refractivity contribution in [2.45, 2.75) is 26.8 Å². The van der Waals surface area contributed by atoms with Crippen LogP contribution < -0.4 is 10.6 Å². The molecule has 0 radical (unpaired) electrons. The fourth-order valence-electron chi connectivity index (χ4n) is 2.02. The molecule has 3 N–H and O–H groups in total. The Balaban J connectivity index is 2.43. The Morgan fingerprint density at radius 2 is 1.95 bits per heavy atom. The van der Waals surface area contributed by atoms with Crippen LogP contribution in [0.1, 0.15) is 20.8 Å². The summed E-state index contributed by atoms with van der Waals surface area (Å²) in [6.45, 7) is 7.00. The molecule has 108 valence electrons. The molecule has 0 saturated heterocycles. The van der Waals surface area contributed by atoms with E-state index < -0.39 is 0 Å². The molecule has 0 aliphatic carbocycles. The molecule has 2 aromatic rings. The summed E-state index contributed by atoms with van der Waals surface area (Å²) in [5, 5.41) is 16.9. The van der Waals surface area contributed by atoms with Crippen LogP contribution in [0.15, 0.2) is 24.3 Å². The number of rotatable bonds is 6. The fourth-order valence-corrected chi connectivity index (χ4v) is 2.02. The van der Waals surface area contributed by atoms with Gasteiger partial charge in [0, 0.05) is 11.9 Å². The molecule has 0 aliphatic heterocycles. The summed E-state index contributed by atoms with van der Waals surface area (Å²) in [4.78, 5) is 9.00. The van der Waals surface area contributed by atoms with E-state index in [1.165, 1.54) is 0 Å². The Kier molecular flexibility index (Phi) is 4.74. The Morgan fingerprint density at radius 3 is 2.60 bits per heavy atom. The van der Waals surface area contributed by atoms with Crippen LogP contribution in [0, 0.1) is 5.92 Å². The Bertz CT molecular complexity index is 571. The first-order chi connectivity index (χ1) is 9.65. The average Bonchev–Trinajstić information content (AvgIpc) is 2.44. The van der Waals surface area contributed by atoms with Crippen molar-refractivity contribution < 1.29 is 5.11 Å². The molecule has 1 atom stereocenters. The summed E-state index contributed by atoms with van der Waals surface area (Å²) in [5.74, 6) is 1.68. The van der Waals surface area contributed by atoms with Gasteiger partial charge in [-0.2, -0.15) is 4.98 Å². The summed E-state index contributed by atoms with van der Waals surface area (Å²) < 4.78 is 0. The number of fused-ring (bicyclic) bond motifs is 1. The van der Waals surface area contributed by atoms with Crippen LogP contribution in [0.2, 0.25) is 0 Å². The van der Waals surface area contributed by atoms with Crippen molar-refractivity contribution in [2.24, 2.45) is 5.92 Å². The zero-order valence-corrected chi connectivity index (χ0v) is 12.2. The maximum atomic E-state index is 9.48. The van der Waals surface area contributed by atoms with Gasteiger partial charge in [0.2, 0.25) is 5.95 Å². The van der Waals surface area contributed by atoms with Crippen LogP contribution in [0.5, 0.6) is 0 Å². The van der Waals surface area contributed by atoms with Crippen LogP contribution in [-0.2, 0) is 0 Å². The number of aromatic nitrogens is 2. The van der Waals surface area contributed by atoms with Crippen LogP contribution in [0.25, 0.3) is 10.9 Å². The second kappa shape index (κ2) is 6.52. The number of anilines is 2. The molecule has 0 aliphatic rings. The molecule has 20 heavy (non-hydrogen) atoms. The second-order valence-corrected chi connectivity index (χ2v) is 5.12. The van der Waals surface area contributed by atoms with Gasteiger partial charge in [0.25, 0.3) is 0 Å². The van der Waals surface area contributed by atoms with Crippen molar-refractivity contribution in [1.29, 1.82) is 0 Å². The number of nitrogens with zero attached hydrogens (tertiary/aromatic N) is 2. The molecule has 0 amide bonds. The van der Waals surface area contributed by atoms with Crippen LogP contribution in [-0.4, -0.2) is 34.3 Å². The highest BCUT2D eigenvalue weighted by Gasteiger charge is 2.15. The lowest BCUT2D eigenvalue weighted by molar-refractivity contribution is 0.249. The molecule has 1 unspecified atom stereocenters. The molecule has 1 aromatic carbocycles. The molecular formula is C15H22N4O. The molecule has 1 heterocycles. The fraction of sp³-hybridized carbons (Fsp3) is 0.467. The smallest absolute Gasteiger partial charge is 0.225 e. The highest BCUT2D eigenvalue weighted by Crippen LogP contribution is 2.23. The van der Waals surface area contributed by atoms with Gasteiger partial charge >= 0.3 is 0 Å². The number of aliphatic hydroxyl groups is 1. The third kappa shape index (κ3) is 3.17. The van der Waals surface area contributed by atoms with Gasteiger partial charge in [0.15, 0.2) is 0 Å². The number of hydrogen-bond acceptors (Lipinski definition) is 5. The number of benzene rings is 1. The van der Waals surface area contributed by atoms with Gasteiger partial charge in [-0.3, -0.25) is 0 Å². The van der Waals surface area contributed by atoms with E-state index in [4.69, 9.17) is 0 Å². The van der Waals surface area contributed by atoms with E-state index in [0.29, 0.717) is 11.9 Å². The van der Waals surface area contributed by atoms with E-state index in [1.807, 2.05) is 31.2 Å². The van der Waals surface area contributed by atoms with Crippen LogP contribution >= 0.6 is 0 Å². The van der Waals surface area contributed by atoms with E-state index in [-0.39, 0.29) is 12.6 Å². The van der Waals surface area contributed by atoms with Crippen LogP contribution in [0.3, 0.4) is 0 Å². The normalized spacial score (nSPS) is 12.7. The van der Waals surface area contributed by atoms with E-state index >= 15 is 0 Å². The summed E-state index contributed by atoms with van der Waals surface area (Å²) in [6, 6.07) is 7.85. The number of aliphatic hydroxyl groups excluding tert-OH is 1. The summed E-state index contributed by atoms with van der Waals surface area (Å²) in [5.41, 5.74) is 0.890. The van der Waals surface area contributed by atoms with Gasteiger partial charge in [-0.1, -0.05) is 26.0 Å². The molecule has 2 rings (SSSR count). The summed E-state index contributed by atoms with van der Waals surface area (Å²) in [7, 11) is 0. The first kappa shape index (κ1) is 14.5. The lowest BCUT2D eigenvalue weighted by atomic mass is 10.1. The van der Waals surface area contributed by atoms with Crippen molar-refractivity contribution in [2.75, 3.05) is 23.8 Å². The SMILES string of the molecule is CCNc1nc(NC(CO)C(C)C)c2ccccc2n1. The highest BCUT2D eigenvalue weighted by atomic mass is 16.3. The predicted octanol–water partition coefficient (Wildman–Crippen LogP) is 2.49. The quantitative estimate of drug-likeness (QED) is 0.755. The molecule has 5 heteroatoms. The van der Waals surface area contributed by atoms with E-state index in [1.54, 1.807) is 0 Å². The topological polar surface area (TPSA) is 70.1 Å². The second-order valence-electron chi connectivity index (χ2n) is 5.12. The van der Waals surface area contributed by atoms with Crippen molar-refractivity contribution in [3.8, 4) is 0 Å². The number of hydrogen-bond donors (Lipinski definition) is 3. The molecule has 0 saturated carbocycles. The first-order valence-electron chi connectivity index (χ1n) is 7.03. The van der Waals surface area contributed by atoms with Crippen molar-refractivity contribution in [1.82, 2.24) is 9.97 Å². The molecule has 0 fully saturated rings. The Morgan fingerprint density at radius 1 is 1.20 bits per heavy atom. The van der Waals surface area contributed by atoms with E-state index in [0.717, 1.165) is 23.3 Å². The molecular weight excluding hydrogens is 252 g/mol. The molecule has 0 bridgehead atoms. The zero-order valence-electron chi connectivity index (χ0n) is 12.2. The minimum atomic E-state index is -0.0252.